The molecule has 0 aromatic heterocycles. The highest BCUT2D eigenvalue weighted by Crippen LogP contribution is 2.28. The molecule has 0 saturated carbocycles. The van der Waals surface area contributed by atoms with Crippen LogP contribution in [0.1, 0.15) is 18.9 Å². The van der Waals surface area contributed by atoms with Crippen LogP contribution in [0.2, 0.25) is 0 Å². The lowest BCUT2D eigenvalue weighted by atomic mass is 9.85. The Morgan fingerprint density at radius 1 is 1.31 bits per heavy atom. The van der Waals surface area contributed by atoms with Crippen LogP contribution in [0.3, 0.4) is 0 Å². The average molecular weight is 220 g/mol. The van der Waals surface area contributed by atoms with Crippen LogP contribution in [-0.2, 0) is 10.3 Å². The van der Waals surface area contributed by atoms with E-state index in [9.17, 15) is 9.90 Å². The first kappa shape index (κ1) is 11.0. The zero-order valence-electron chi connectivity index (χ0n) is 9.29. The second kappa shape index (κ2) is 4.14. The van der Waals surface area contributed by atoms with E-state index >= 15 is 0 Å². The molecule has 1 atom stereocenters. The number of hydrogen-bond donors (Lipinski definition) is 3. The summed E-state index contributed by atoms with van der Waals surface area (Å²) >= 11 is 0. The van der Waals surface area contributed by atoms with Gasteiger partial charge in [0.2, 0.25) is 5.91 Å². The summed E-state index contributed by atoms with van der Waals surface area (Å²) < 4.78 is 0. The Morgan fingerprint density at radius 3 is 2.56 bits per heavy atom. The number of nitrogens with one attached hydrogen (secondary N) is 2. The van der Waals surface area contributed by atoms with Gasteiger partial charge in [0.1, 0.15) is 11.3 Å². The maximum absolute atomic E-state index is 12.0. The normalized spacial score (nSPS) is 25.2. The lowest BCUT2D eigenvalue weighted by Crippen LogP contribution is -2.60. The predicted octanol–water partition coefficient (Wildman–Crippen LogP) is 0.717. The van der Waals surface area contributed by atoms with Crippen molar-refractivity contribution in [2.75, 3.05) is 13.1 Å². The van der Waals surface area contributed by atoms with Gasteiger partial charge in [-0.05, 0) is 24.1 Å². The van der Waals surface area contributed by atoms with Gasteiger partial charge in [-0.1, -0.05) is 19.1 Å². The third-order valence-electron chi connectivity index (χ3n) is 3.12. The first-order valence-electron chi connectivity index (χ1n) is 5.52. The molecular weight excluding hydrogens is 204 g/mol. The summed E-state index contributed by atoms with van der Waals surface area (Å²) in [6.45, 7) is 3.41. The molecule has 0 aliphatic carbocycles. The van der Waals surface area contributed by atoms with E-state index in [2.05, 4.69) is 10.6 Å². The largest absolute Gasteiger partial charge is 0.508 e. The Labute approximate surface area is 94.7 Å². The number of carbonyl (C=O) groups excluding carboxylic acids is 1. The second-order valence-corrected chi connectivity index (χ2v) is 3.99. The van der Waals surface area contributed by atoms with E-state index in [1.165, 1.54) is 0 Å². The highest BCUT2D eigenvalue weighted by atomic mass is 16.3. The third kappa shape index (κ3) is 1.65. The van der Waals surface area contributed by atoms with Crippen LogP contribution in [0.5, 0.6) is 5.75 Å². The van der Waals surface area contributed by atoms with Crippen LogP contribution in [0, 0.1) is 0 Å². The molecule has 86 valence electrons. The first-order valence-corrected chi connectivity index (χ1v) is 5.52. The Kier molecular flexibility index (Phi) is 2.83. The van der Waals surface area contributed by atoms with Gasteiger partial charge in [0, 0.05) is 13.1 Å². The highest BCUT2D eigenvalue weighted by Gasteiger charge is 2.39. The first-order chi connectivity index (χ1) is 7.69. The van der Waals surface area contributed by atoms with Crippen molar-refractivity contribution in [2.24, 2.45) is 0 Å². The molecule has 1 heterocycles. The molecule has 1 aromatic carbocycles. The Hall–Kier alpha value is -1.55. The maximum Gasteiger partial charge on any atom is 0.244 e. The molecule has 0 spiro atoms. The van der Waals surface area contributed by atoms with Gasteiger partial charge in [-0.2, -0.15) is 0 Å². The van der Waals surface area contributed by atoms with E-state index in [-0.39, 0.29) is 11.7 Å². The van der Waals surface area contributed by atoms with E-state index in [0.717, 1.165) is 12.1 Å². The zero-order chi connectivity index (χ0) is 11.6. The van der Waals surface area contributed by atoms with Crippen molar-refractivity contribution in [3.8, 4) is 5.75 Å². The fourth-order valence-electron chi connectivity index (χ4n) is 2.15. The molecule has 1 aromatic rings. The van der Waals surface area contributed by atoms with Gasteiger partial charge >= 0.3 is 0 Å². The highest BCUT2D eigenvalue weighted by molar-refractivity contribution is 5.88. The zero-order valence-corrected chi connectivity index (χ0v) is 9.29. The van der Waals surface area contributed by atoms with E-state index < -0.39 is 5.54 Å². The van der Waals surface area contributed by atoms with Gasteiger partial charge in [-0.25, -0.2) is 0 Å². The summed E-state index contributed by atoms with van der Waals surface area (Å²) in [6, 6.07) is 6.79. The molecule has 1 fully saturated rings. The number of carbonyl (C=O) groups is 1. The number of phenols is 1. The fourth-order valence-corrected chi connectivity index (χ4v) is 2.15. The van der Waals surface area contributed by atoms with E-state index in [1.54, 1.807) is 24.3 Å². The molecule has 0 bridgehead atoms. The number of rotatable bonds is 2. The summed E-state index contributed by atoms with van der Waals surface area (Å²) in [7, 11) is 0. The molecule has 1 saturated heterocycles. The molecule has 1 unspecified atom stereocenters. The fraction of sp³-hybridized carbons (Fsp3) is 0.417. The van der Waals surface area contributed by atoms with Crippen molar-refractivity contribution < 1.29 is 9.90 Å². The van der Waals surface area contributed by atoms with Gasteiger partial charge in [0.25, 0.3) is 0 Å². The Balaban J connectivity index is 2.40. The van der Waals surface area contributed by atoms with Gasteiger partial charge in [0.15, 0.2) is 0 Å². The van der Waals surface area contributed by atoms with Crippen LogP contribution in [0.25, 0.3) is 0 Å². The van der Waals surface area contributed by atoms with Crippen molar-refractivity contribution in [3.63, 3.8) is 0 Å². The number of aromatic hydroxyl groups is 1. The van der Waals surface area contributed by atoms with Crippen LogP contribution >= 0.6 is 0 Å². The molecule has 0 radical (unpaired) electrons. The average Bonchev–Trinajstić information content (AvgIpc) is 2.31. The van der Waals surface area contributed by atoms with E-state index in [4.69, 9.17) is 0 Å². The SMILES string of the molecule is CCC1(c2ccc(O)cc2)NCCNC1=O. The van der Waals surface area contributed by atoms with Crippen molar-refractivity contribution in [1.29, 1.82) is 0 Å². The van der Waals surface area contributed by atoms with E-state index in [1.807, 2.05) is 6.92 Å². The van der Waals surface area contributed by atoms with Gasteiger partial charge in [-0.3, -0.25) is 10.1 Å². The van der Waals surface area contributed by atoms with Gasteiger partial charge in [0.05, 0.1) is 0 Å². The minimum atomic E-state index is -0.647. The summed E-state index contributed by atoms with van der Waals surface area (Å²) in [5.41, 5.74) is 0.247. The third-order valence-corrected chi connectivity index (χ3v) is 3.12. The van der Waals surface area contributed by atoms with E-state index in [0.29, 0.717) is 13.0 Å². The topological polar surface area (TPSA) is 61.4 Å². The number of phenolic OH excluding ortho intramolecular Hbond substituents is 1. The predicted molar refractivity (Wildman–Crippen MR) is 61.1 cm³/mol. The molecule has 4 heteroatoms. The molecule has 1 aliphatic heterocycles. The molecule has 3 N–H and O–H groups in total. The number of piperazine rings is 1. The molecular formula is C12H16N2O2. The lowest BCUT2D eigenvalue weighted by Gasteiger charge is -2.36. The molecule has 2 rings (SSSR count). The Morgan fingerprint density at radius 2 is 2.00 bits per heavy atom. The number of benzene rings is 1. The number of amides is 1. The van der Waals surface area contributed by atoms with Crippen molar-refractivity contribution in [2.45, 2.75) is 18.9 Å². The van der Waals surface area contributed by atoms with Gasteiger partial charge in [-0.15, -0.1) is 0 Å². The second-order valence-electron chi connectivity index (χ2n) is 3.99. The lowest BCUT2D eigenvalue weighted by molar-refractivity contribution is -0.129. The quantitative estimate of drug-likeness (QED) is 0.688. The summed E-state index contributed by atoms with van der Waals surface area (Å²) in [5.74, 6) is 0.221. The minimum absolute atomic E-state index is 0.00643. The van der Waals surface area contributed by atoms with Crippen LogP contribution in [-0.4, -0.2) is 24.1 Å². The Bertz CT molecular complexity index is 389. The standard InChI is InChI=1S/C12H16N2O2/c1-2-12(11(16)13-7-8-14-12)9-3-5-10(15)6-4-9/h3-6,14-15H,2,7-8H2,1H3,(H,13,16). The molecule has 1 amide bonds. The van der Waals surface area contributed by atoms with Crippen molar-refractivity contribution >= 4 is 5.91 Å². The van der Waals surface area contributed by atoms with Crippen LogP contribution in [0.15, 0.2) is 24.3 Å². The minimum Gasteiger partial charge on any atom is -0.508 e. The monoisotopic (exact) mass is 220 g/mol. The van der Waals surface area contributed by atoms with Crippen molar-refractivity contribution in [1.82, 2.24) is 10.6 Å². The van der Waals surface area contributed by atoms with Crippen molar-refractivity contribution in [3.05, 3.63) is 29.8 Å². The maximum atomic E-state index is 12.0. The van der Waals surface area contributed by atoms with Gasteiger partial charge < -0.3 is 10.4 Å². The number of hydrogen-bond acceptors (Lipinski definition) is 3. The molecule has 16 heavy (non-hydrogen) atoms. The summed E-state index contributed by atoms with van der Waals surface area (Å²) in [6.07, 6.45) is 0.684. The molecule has 1 aliphatic rings. The summed E-state index contributed by atoms with van der Waals surface area (Å²) in [5, 5.41) is 15.4. The molecule has 4 nitrogen and oxygen atoms in total. The smallest absolute Gasteiger partial charge is 0.244 e. The summed E-state index contributed by atoms with van der Waals surface area (Å²) in [4.78, 5) is 12.0. The van der Waals surface area contributed by atoms with Crippen LogP contribution in [0.4, 0.5) is 0 Å². The van der Waals surface area contributed by atoms with Crippen LogP contribution < -0.4 is 10.6 Å².